The second-order valence-corrected chi connectivity index (χ2v) is 0. The zero-order valence-electron chi connectivity index (χ0n) is 3.31. The minimum atomic E-state index is 0. The van der Waals surface area contributed by atoms with Crippen molar-refractivity contribution < 1.29 is 32.0 Å². The van der Waals surface area contributed by atoms with Crippen molar-refractivity contribution in [1.82, 2.24) is 0 Å². The van der Waals surface area contributed by atoms with Crippen molar-refractivity contribution in [2.75, 3.05) is 0 Å². The van der Waals surface area contributed by atoms with Crippen molar-refractivity contribution in [2.45, 2.75) is 0 Å². The summed E-state index contributed by atoms with van der Waals surface area (Å²) in [5.41, 5.74) is 0. The van der Waals surface area contributed by atoms with Crippen molar-refractivity contribution in [3.05, 3.63) is 0 Å². The molecular weight excluding hydrogens is 150 g/mol. The van der Waals surface area contributed by atoms with E-state index in [4.69, 9.17) is 13.4 Å². The smallest absolute Gasteiger partial charge is 0 e. The summed E-state index contributed by atoms with van der Waals surface area (Å²) in [4.78, 5) is 0. The first kappa shape index (κ1) is 26.8. The third kappa shape index (κ3) is 1750. The van der Waals surface area contributed by atoms with E-state index < -0.39 is 0 Å². The minimum absolute atomic E-state index is 0. The van der Waals surface area contributed by atoms with Gasteiger partial charge in [0.05, 0.1) is 0 Å². The molecule has 0 saturated carbocycles. The van der Waals surface area contributed by atoms with Gasteiger partial charge in [0.2, 0.25) is 0 Å². The van der Waals surface area contributed by atoms with Crippen LogP contribution >= 0.6 is 0 Å². The molecule has 6 N–H and O–H groups in total. The number of nitrogens with two attached hydrogens (primary N) is 3. The summed E-state index contributed by atoms with van der Waals surface area (Å²) in [5, 5.41) is 0. The van der Waals surface area contributed by atoms with Gasteiger partial charge in [0.15, 0.2) is 0 Å². The van der Waals surface area contributed by atoms with Crippen molar-refractivity contribution in [2.24, 2.45) is 17.9 Å². The molecule has 0 fully saturated rings. The van der Waals surface area contributed by atoms with E-state index in [1.54, 1.807) is 0 Å². The molecule has 0 aromatic rings. The summed E-state index contributed by atoms with van der Waals surface area (Å²) in [6.45, 7) is 0. The second kappa shape index (κ2) is 2670. The average Bonchev–Trinajstić information content (AvgIpc) is 1.81. The maximum atomic E-state index is 9.00. The second-order valence-electron chi connectivity index (χ2n) is 0. The van der Waals surface area contributed by atoms with Gasteiger partial charge in [-0.3, -0.25) is 0 Å². The van der Waals surface area contributed by atoms with Crippen LogP contribution in [0.3, 0.4) is 0 Å². The molecule has 0 aliphatic heterocycles. The SMILES string of the molecule is NF.NF.NF.[V]. The van der Waals surface area contributed by atoms with Gasteiger partial charge in [0.1, 0.15) is 0 Å². The van der Waals surface area contributed by atoms with Crippen LogP contribution < -0.4 is 17.9 Å². The van der Waals surface area contributed by atoms with Crippen molar-refractivity contribution in [1.29, 1.82) is 0 Å². The van der Waals surface area contributed by atoms with Crippen molar-refractivity contribution in [3.63, 3.8) is 0 Å². The first-order chi connectivity index (χ1) is 3.00. The Kier molecular flexibility index (Phi) is 10200. The van der Waals surface area contributed by atoms with E-state index in [1.165, 1.54) is 0 Å². The van der Waals surface area contributed by atoms with E-state index in [1.807, 2.05) is 0 Å². The maximum Gasteiger partial charge on any atom is 0 e. The van der Waals surface area contributed by atoms with Gasteiger partial charge in [0.25, 0.3) is 0 Å². The quantitative estimate of drug-likeness (QED) is 0.413. The van der Waals surface area contributed by atoms with Crippen LogP contribution in [0.5, 0.6) is 0 Å². The minimum Gasteiger partial charge on any atom is -0.172 e. The van der Waals surface area contributed by atoms with Crippen LogP contribution in [0.25, 0.3) is 0 Å². The fraction of sp³-hybridized carbons (Fsp3) is 0. The summed E-state index contributed by atoms with van der Waals surface area (Å²) in [7, 11) is 0. The molecule has 0 aromatic carbocycles. The Balaban J connectivity index is -0.00000000900. The van der Waals surface area contributed by atoms with Gasteiger partial charge >= 0.3 is 0 Å². The fourth-order valence-electron chi connectivity index (χ4n) is 0. The Morgan fingerprint density at radius 3 is 0.571 bits per heavy atom. The van der Waals surface area contributed by atoms with Gasteiger partial charge in [-0.25, -0.2) is 0 Å². The summed E-state index contributed by atoms with van der Waals surface area (Å²) in [6.07, 6.45) is 0. The van der Waals surface area contributed by atoms with Gasteiger partial charge in [-0.2, -0.15) is 17.9 Å². The van der Waals surface area contributed by atoms with Crippen LogP contribution in [0.1, 0.15) is 0 Å². The molecule has 7 heavy (non-hydrogen) atoms. The molecule has 0 heterocycles. The first-order valence-electron chi connectivity index (χ1n) is 0.655. The number of rotatable bonds is 0. The fourth-order valence-corrected chi connectivity index (χ4v) is 0. The molecule has 0 rings (SSSR count). The summed E-state index contributed by atoms with van der Waals surface area (Å²) in [6, 6.07) is 0. The molecule has 1 radical (unpaired) electrons. The van der Waals surface area contributed by atoms with Gasteiger partial charge < -0.3 is 0 Å². The third-order valence-electron chi connectivity index (χ3n) is 0. The van der Waals surface area contributed by atoms with Crippen LogP contribution in [0, 0.1) is 0 Å². The molecule has 0 spiro atoms. The van der Waals surface area contributed by atoms with Crippen LogP contribution in [0.2, 0.25) is 0 Å². The van der Waals surface area contributed by atoms with Gasteiger partial charge in [0, 0.05) is 18.6 Å². The Bertz CT molecular complexity index is 10.1. The molecule has 0 unspecified atom stereocenters. The largest absolute Gasteiger partial charge is 0.172 e. The molecule has 0 atom stereocenters. The van der Waals surface area contributed by atoms with Crippen LogP contribution in [0.4, 0.5) is 13.4 Å². The Hall–Kier alpha value is 0.254. The van der Waals surface area contributed by atoms with Crippen LogP contribution in [-0.4, -0.2) is 0 Å². The molecule has 0 aromatic heterocycles. The molecule has 0 saturated heterocycles. The van der Waals surface area contributed by atoms with E-state index in [-0.39, 0.29) is 18.6 Å². The number of halogens is 3. The monoisotopic (exact) mass is 156 g/mol. The average molecular weight is 156 g/mol. The molecular formula is H6F3N3V. The Morgan fingerprint density at radius 1 is 0.571 bits per heavy atom. The van der Waals surface area contributed by atoms with Crippen LogP contribution in [0.15, 0.2) is 0 Å². The van der Waals surface area contributed by atoms with E-state index in [0.717, 1.165) is 0 Å². The summed E-state index contributed by atoms with van der Waals surface area (Å²) >= 11 is 0. The predicted molar refractivity (Wildman–Crippen MR) is 15.9 cm³/mol. The summed E-state index contributed by atoms with van der Waals surface area (Å²) < 4.78 is 27.0. The normalized spacial score (nSPS) is 2.57. The number of hydrogen-bond donors (Lipinski definition) is 3. The predicted octanol–water partition coefficient (Wildman–Crippen LogP) is -0.514. The van der Waals surface area contributed by atoms with Crippen molar-refractivity contribution in [3.8, 4) is 0 Å². The molecule has 3 nitrogen and oxygen atoms in total. The molecule has 0 amide bonds. The maximum absolute atomic E-state index is 9.00. The van der Waals surface area contributed by atoms with Gasteiger partial charge in [-0.1, -0.05) is 0 Å². The van der Waals surface area contributed by atoms with Gasteiger partial charge in [-0.05, 0) is 0 Å². The molecule has 0 bridgehead atoms. The van der Waals surface area contributed by atoms with E-state index in [9.17, 15) is 0 Å². The van der Waals surface area contributed by atoms with E-state index in [0.29, 0.717) is 0 Å². The molecule has 7 heteroatoms. The Labute approximate surface area is 50.7 Å². The van der Waals surface area contributed by atoms with E-state index in [2.05, 4.69) is 17.9 Å². The summed E-state index contributed by atoms with van der Waals surface area (Å²) in [5.74, 6) is 9.00. The van der Waals surface area contributed by atoms with Crippen LogP contribution in [-0.2, 0) is 18.6 Å². The van der Waals surface area contributed by atoms with Gasteiger partial charge in [-0.15, -0.1) is 13.4 Å². The first-order valence-corrected chi connectivity index (χ1v) is 0.655. The topological polar surface area (TPSA) is 78.1 Å². The molecule has 47 valence electrons. The van der Waals surface area contributed by atoms with E-state index >= 15 is 0 Å². The number of hydrogen-bond acceptors (Lipinski definition) is 3. The standard InChI is InChI=1S/3FH2N.V/c3*1-2;/h3*2H2;. The molecule has 0 aliphatic carbocycles. The zero-order valence-corrected chi connectivity index (χ0v) is 4.71. The van der Waals surface area contributed by atoms with Crippen molar-refractivity contribution >= 4 is 0 Å². The third-order valence-corrected chi connectivity index (χ3v) is 0. The molecule has 0 aliphatic rings. The zero-order chi connectivity index (χ0) is 6.00. The Morgan fingerprint density at radius 2 is 0.571 bits per heavy atom.